The van der Waals surface area contributed by atoms with Crippen LogP contribution in [0.25, 0.3) is 0 Å². The summed E-state index contributed by atoms with van der Waals surface area (Å²) < 4.78 is 41.1. The minimum absolute atomic E-state index is 0.0378. The maximum absolute atomic E-state index is 10.3. The van der Waals surface area contributed by atoms with Crippen LogP contribution in [0.1, 0.15) is 0 Å². The summed E-state index contributed by atoms with van der Waals surface area (Å²) in [5.41, 5.74) is 0. The van der Waals surface area contributed by atoms with E-state index in [4.69, 9.17) is 0 Å². The van der Waals surface area contributed by atoms with Crippen LogP contribution in [0.3, 0.4) is 0 Å². The molecule has 0 N–H and O–H groups in total. The van der Waals surface area contributed by atoms with Crippen LogP contribution in [-0.2, 0) is 20.6 Å². The van der Waals surface area contributed by atoms with Crippen LogP contribution in [0.2, 0.25) is 0 Å². The van der Waals surface area contributed by atoms with E-state index in [1.165, 1.54) is 6.08 Å². The van der Waals surface area contributed by atoms with Gasteiger partial charge < -0.3 is 0 Å². The summed E-state index contributed by atoms with van der Waals surface area (Å²) in [5.74, 6) is 0. The zero-order valence-corrected chi connectivity index (χ0v) is 7.26. The van der Waals surface area contributed by atoms with Gasteiger partial charge in [-0.2, -0.15) is 16.8 Å². The van der Waals surface area contributed by atoms with E-state index >= 15 is 0 Å². The molecular formula is C5H3NO4S2. The van der Waals surface area contributed by atoms with Crippen molar-refractivity contribution >= 4 is 36.7 Å². The smallest absolute Gasteiger partial charge is 0.239 e. The molecule has 0 saturated carbocycles. The van der Waals surface area contributed by atoms with Gasteiger partial charge in [0, 0.05) is 0 Å². The van der Waals surface area contributed by atoms with Gasteiger partial charge in [0.25, 0.3) is 0 Å². The van der Waals surface area contributed by atoms with E-state index < -0.39 is 20.6 Å². The molecule has 0 fully saturated rings. The van der Waals surface area contributed by atoms with Gasteiger partial charge in [-0.1, -0.05) is 0 Å². The second kappa shape index (κ2) is 3.46. The molecule has 0 spiro atoms. The molecule has 1 rings (SSSR count). The Morgan fingerprint density at radius 3 is 2.00 bits per heavy atom. The first-order valence-electron chi connectivity index (χ1n) is 2.76. The van der Waals surface area contributed by atoms with E-state index in [9.17, 15) is 16.8 Å². The van der Waals surface area contributed by atoms with Crippen LogP contribution in [-0.4, -0.2) is 32.9 Å². The lowest BCUT2D eigenvalue weighted by atomic mass is 10.3. The first kappa shape index (κ1) is 8.88. The van der Waals surface area contributed by atoms with Gasteiger partial charge in [-0.05, 0) is 12.2 Å². The van der Waals surface area contributed by atoms with E-state index in [0.29, 0.717) is 0 Å². The number of hydrogen-bond acceptors (Lipinski definition) is 4. The van der Waals surface area contributed by atoms with Crippen LogP contribution < -0.4 is 0 Å². The summed E-state index contributed by atoms with van der Waals surface area (Å²) in [5, 5.41) is 0. The Bertz CT molecular complexity index is 436. The van der Waals surface area contributed by atoms with E-state index in [1.54, 1.807) is 0 Å². The van der Waals surface area contributed by atoms with Crippen molar-refractivity contribution < 1.29 is 16.8 Å². The van der Waals surface area contributed by atoms with Crippen molar-refractivity contribution in [2.45, 2.75) is 0 Å². The summed E-state index contributed by atoms with van der Waals surface area (Å²) in [6.45, 7) is 0. The Balaban J connectivity index is 3.31. The van der Waals surface area contributed by atoms with E-state index in [1.807, 2.05) is 0 Å². The fraction of sp³-hybridized carbons (Fsp3) is 0. The lowest BCUT2D eigenvalue weighted by Gasteiger charge is -1.92. The zero-order chi connectivity index (χ0) is 9.14. The molecule has 1 aliphatic heterocycles. The van der Waals surface area contributed by atoms with Crippen LogP contribution in [0.15, 0.2) is 17.1 Å². The highest BCUT2D eigenvalue weighted by Gasteiger charge is 2.01. The van der Waals surface area contributed by atoms with Gasteiger partial charge in [0.2, 0.25) is 20.6 Å². The summed E-state index contributed by atoms with van der Waals surface area (Å²) in [6.07, 6.45) is 3.27. The van der Waals surface area contributed by atoms with Gasteiger partial charge in [-0.15, -0.1) is 0 Å². The molecule has 0 aromatic rings. The summed E-state index contributed by atoms with van der Waals surface area (Å²) >= 11 is 0. The number of nitrogens with zero attached hydrogens (tertiary/aromatic N) is 1. The fourth-order valence-corrected chi connectivity index (χ4v) is 1.20. The molecule has 64 valence electrons. The molecule has 0 aromatic heterocycles. The molecule has 0 bridgehead atoms. The van der Waals surface area contributed by atoms with Gasteiger partial charge in [-0.3, -0.25) is 0 Å². The molecule has 0 amide bonds. The highest BCUT2D eigenvalue weighted by molar-refractivity contribution is 7.75. The summed E-state index contributed by atoms with van der Waals surface area (Å²) in [6, 6.07) is 0. The van der Waals surface area contributed by atoms with Gasteiger partial charge in [0.1, 0.15) is 4.86 Å². The Morgan fingerprint density at radius 2 is 1.67 bits per heavy atom. The monoisotopic (exact) mass is 205 g/mol. The van der Waals surface area contributed by atoms with Crippen molar-refractivity contribution in [1.82, 2.24) is 0 Å². The number of aliphatic imine (C=N–C) groups is 1. The highest BCUT2D eigenvalue weighted by atomic mass is 32.2. The van der Waals surface area contributed by atoms with Crippen LogP contribution in [0, 0.1) is 0 Å². The second-order valence-electron chi connectivity index (χ2n) is 1.80. The highest BCUT2D eigenvalue weighted by Crippen LogP contribution is 1.89. The maximum Gasteiger partial charge on any atom is 0.240 e. The molecule has 1 aliphatic rings. The number of rotatable bonds is 0. The van der Waals surface area contributed by atoms with Crippen LogP contribution >= 0.6 is 0 Å². The summed E-state index contributed by atoms with van der Waals surface area (Å²) in [4.78, 5) is 3.18. The zero-order valence-electron chi connectivity index (χ0n) is 5.63. The molecule has 0 saturated heterocycles. The predicted octanol–water partition coefficient (Wildman–Crippen LogP) is -1.31. The van der Waals surface area contributed by atoms with Crippen LogP contribution in [0.5, 0.6) is 0 Å². The second-order valence-corrected chi connectivity index (χ2v) is 3.63. The largest absolute Gasteiger partial charge is 0.240 e. The molecule has 1 heterocycles. The van der Waals surface area contributed by atoms with E-state index in [2.05, 4.69) is 4.99 Å². The normalized spacial score (nSPS) is 15.0. The molecule has 5 nitrogen and oxygen atoms in total. The Hall–Kier alpha value is -1.21. The quantitative estimate of drug-likeness (QED) is 0.460. The fourth-order valence-electron chi connectivity index (χ4n) is 0.564. The van der Waals surface area contributed by atoms with Gasteiger partial charge in [0.05, 0.1) is 6.21 Å². The molecule has 0 aliphatic carbocycles. The Morgan fingerprint density at radius 1 is 1.00 bits per heavy atom. The molecule has 0 radical (unpaired) electrons. The molecule has 12 heavy (non-hydrogen) atoms. The number of hydrogen-bond donors (Lipinski definition) is 0. The lowest BCUT2D eigenvalue weighted by molar-refractivity contribution is 0.625. The summed E-state index contributed by atoms with van der Waals surface area (Å²) in [7, 11) is -4.78. The van der Waals surface area contributed by atoms with E-state index in [-0.39, 0.29) is 9.85 Å². The van der Waals surface area contributed by atoms with Gasteiger partial charge in [0.15, 0.2) is 4.99 Å². The third-order valence-electron chi connectivity index (χ3n) is 1.07. The average Bonchev–Trinajstić information content (AvgIpc) is 2.04. The Kier molecular flexibility index (Phi) is 2.56. The third-order valence-corrected chi connectivity index (χ3v) is 2.28. The minimum atomic E-state index is -2.41. The first-order chi connectivity index (χ1) is 5.61. The molecule has 7 heteroatoms. The number of allylic oxidation sites excluding steroid dienone is 1. The van der Waals surface area contributed by atoms with Crippen LogP contribution in [0.4, 0.5) is 0 Å². The van der Waals surface area contributed by atoms with Crippen molar-refractivity contribution in [2.75, 3.05) is 0 Å². The molecule has 0 aromatic carbocycles. The lowest BCUT2D eigenvalue weighted by Crippen LogP contribution is -2.06. The first-order valence-corrected chi connectivity index (χ1v) is 4.91. The van der Waals surface area contributed by atoms with Crippen molar-refractivity contribution in [1.29, 1.82) is 0 Å². The van der Waals surface area contributed by atoms with E-state index in [0.717, 1.165) is 12.3 Å². The van der Waals surface area contributed by atoms with Gasteiger partial charge >= 0.3 is 0 Å². The average molecular weight is 205 g/mol. The van der Waals surface area contributed by atoms with Crippen molar-refractivity contribution in [2.24, 2.45) is 4.99 Å². The maximum atomic E-state index is 10.3. The third kappa shape index (κ3) is 1.89. The SMILES string of the molecule is O=S(=O)=C1C=CC(=S(=O)=O)N=C1. The molecule has 0 atom stereocenters. The van der Waals surface area contributed by atoms with Crippen molar-refractivity contribution in [3.05, 3.63) is 12.2 Å². The van der Waals surface area contributed by atoms with Crippen molar-refractivity contribution in [3.8, 4) is 0 Å². The molecular weight excluding hydrogens is 202 g/mol. The molecule has 0 unspecified atom stereocenters. The topological polar surface area (TPSA) is 80.6 Å². The Labute approximate surface area is 71.1 Å². The predicted molar refractivity (Wildman–Crippen MR) is 45.5 cm³/mol. The standard InChI is InChI=1S/C5H3NO4S2/c7-11(8)4-1-2-5(6-3-4)12(9)10/h1-3H. The van der Waals surface area contributed by atoms with Gasteiger partial charge in [-0.25, -0.2) is 4.99 Å². The minimum Gasteiger partial charge on any atom is -0.239 e. The van der Waals surface area contributed by atoms with Crippen molar-refractivity contribution in [3.63, 3.8) is 0 Å². The number of dihydropyridines is 1.